The number of fused-ring (bicyclic) bond motifs is 1. The molecule has 0 unspecified atom stereocenters. The zero-order valence-electron chi connectivity index (χ0n) is 9.13. The van der Waals surface area contributed by atoms with Gasteiger partial charge >= 0.3 is 6.36 Å². The van der Waals surface area contributed by atoms with Gasteiger partial charge in [0.1, 0.15) is 0 Å². The van der Waals surface area contributed by atoms with Crippen LogP contribution in [0.1, 0.15) is 5.56 Å². The summed E-state index contributed by atoms with van der Waals surface area (Å²) in [5.74, 6) is -0.197. The van der Waals surface area contributed by atoms with E-state index in [1.54, 1.807) is 6.07 Å². The van der Waals surface area contributed by atoms with E-state index in [2.05, 4.69) is 27.3 Å². The van der Waals surface area contributed by atoms with Crippen LogP contribution >= 0.6 is 22.6 Å². The van der Waals surface area contributed by atoms with Gasteiger partial charge in [-0.25, -0.2) is 0 Å². The molecule has 0 radical (unpaired) electrons. The van der Waals surface area contributed by atoms with E-state index in [1.165, 1.54) is 4.90 Å². The predicted octanol–water partition coefficient (Wildman–Crippen LogP) is 2.72. The number of nitrogens with zero attached hydrogens (tertiary/aromatic N) is 1. The second-order valence-electron chi connectivity index (χ2n) is 3.79. The summed E-state index contributed by atoms with van der Waals surface area (Å²) in [6.07, 6.45) is -4.42. The SMILES string of the molecule is O=C1Cc2cc(I)ccc2N1CCOC(F)(F)F. The van der Waals surface area contributed by atoms with Crippen LogP contribution in [0.2, 0.25) is 0 Å². The van der Waals surface area contributed by atoms with Crippen molar-refractivity contribution in [2.45, 2.75) is 12.8 Å². The average molecular weight is 371 g/mol. The van der Waals surface area contributed by atoms with Crippen LogP contribution in [-0.2, 0) is 16.0 Å². The molecule has 18 heavy (non-hydrogen) atoms. The molecule has 2 rings (SSSR count). The summed E-state index contributed by atoms with van der Waals surface area (Å²) >= 11 is 2.12. The summed E-state index contributed by atoms with van der Waals surface area (Å²) in [7, 11) is 0. The number of anilines is 1. The lowest BCUT2D eigenvalue weighted by Crippen LogP contribution is -2.32. The van der Waals surface area contributed by atoms with Crippen molar-refractivity contribution >= 4 is 34.2 Å². The fourth-order valence-electron chi connectivity index (χ4n) is 1.85. The monoisotopic (exact) mass is 371 g/mol. The summed E-state index contributed by atoms with van der Waals surface area (Å²) in [5.41, 5.74) is 1.52. The van der Waals surface area contributed by atoms with Crippen LogP contribution in [0.5, 0.6) is 0 Å². The van der Waals surface area contributed by atoms with E-state index in [0.29, 0.717) is 5.69 Å². The van der Waals surface area contributed by atoms with Crippen LogP contribution in [0.25, 0.3) is 0 Å². The Morgan fingerprint density at radius 3 is 2.78 bits per heavy atom. The Morgan fingerprint density at radius 1 is 1.39 bits per heavy atom. The number of hydrogen-bond acceptors (Lipinski definition) is 2. The Morgan fingerprint density at radius 2 is 2.11 bits per heavy atom. The van der Waals surface area contributed by atoms with Gasteiger partial charge in [0.05, 0.1) is 13.0 Å². The minimum atomic E-state index is -4.66. The second kappa shape index (κ2) is 5.04. The maximum absolute atomic E-state index is 11.8. The largest absolute Gasteiger partial charge is 0.522 e. The number of carbonyl (C=O) groups excluding carboxylic acids is 1. The number of ether oxygens (including phenoxy) is 1. The van der Waals surface area contributed by atoms with E-state index in [4.69, 9.17) is 0 Å². The first kappa shape index (κ1) is 13.6. The van der Waals surface area contributed by atoms with Crippen molar-refractivity contribution in [2.24, 2.45) is 0 Å². The highest BCUT2D eigenvalue weighted by atomic mass is 127. The van der Waals surface area contributed by atoms with E-state index in [1.807, 2.05) is 12.1 Å². The van der Waals surface area contributed by atoms with E-state index >= 15 is 0 Å². The molecule has 1 aromatic rings. The zero-order valence-corrected chi connectivity index (χ0v) is 11.3. The molecule has 1 heterocycles. The normalized spacial score (nSPS) is 15.1. The molecule has 0 aliphatic carbocycles. The highest BCUT2D eigenvalue weighted by molar-refractivity contribution is 14.1. The van der Waals surface area contributed by atoms with Crippen molar-refractivity contribution in [1.82, 2.24) is 0 Å². The number of amides is 1. The topological polar surface area (TPSA) is 29.5 Å². The highest BCUT2D eigenvalue weighted by Crippen LogP contribution is 2.30. The molecule has 3 nitrogen and oxygen atoms in total. The molecule has 0 bridgehead atoms. The molecule has 0 spiro atoms. The third kappa shape index (κ3) is 3.14. The molecule has 0 N–H and O–H groups in total. The molecule has 98 valence electrons. The minimum absolute atomic E-state index is 0.0913. The third-order valence-corrected chi connectivity index (χ3v) is 3.23. The first-order chi connectivity index (χ1) is 8.37. The summed E-state index contributed by atoms with van der Waals surface area (Å²) in [4.78, 5) is 13.0. The van der Waals surface area contributed by atoms with Gasteiger partial charge in [0, 0.05) is 15.8 Å². The summed E-state index contributed by atoms with van der Waals surface area (Å²) in [6.45, 7) is -0.646. The molecule has 0 atom stereocenters. The molecular weight excluding hydrogens is 362 g/mol. The molecule has 1 aromatic carbocycles. The lowest BCUT2D eigenvalue weighted by molar-refractivity contribution is -0.323. The quantitative estimate of drug-likeness (QED) is 0.765. The van der Waals surface area contributed by atoms with Gasteiger partial charge in [-0.15, -0.1) is 13.2 Å². The zero-order chi connectivity index (χ0) is 13.3. The number of carbonyl (C=O) groups is 1. The second-order valence-corrected chi connectivity index (χ2v) is 5.04. The third-order valence-electron chi connectivity index (χ3n) is 2.56. The molecular formula is C11H9F3INO2. The minimum Gasteiger partial charge on any atom is -0.310 e. The Hall–Kier alpha value is -0.830. The van der Waals surface area contributed by atoms with Crippen LogP contribution in [0, 0.1) is 3.57 Å². The van der Waals surface area contributed by atoms with Crippen LogP contribution in [0.3, 0.4) is 0 Å². The molecule has 1 amide bonds. The first-order valence-corrected chi connectivity index (χ1v) is 6.24. The average Bonchev–Trinajstić information content (AvgIpc) is 2.52. The van der Waals surface area contributed by atoms with Gasteiger partial charge in [0.2, 0.25) is 5.91 Å². The van der Waals surface area contributed by atoms with Crippen molar-refractivity contribution < 1.29 is 22.7 Å². The molecule has 0 saturated heterocycles. The van der Waals surface area contributed by atoms with Crippen LogP contribution < -0.4 is 4.90 Å². The van der Waals surface area contributed by atoms with Gasteiger partial charge in [-0.1, -0.05) is 0 Å². The maximum atomic E-state index is 11.8. The number of alkyl halides is 3. The lowest BCUT2D eigenvalue weighted by Gasteiger charge is -2.18. The van der Waals surface area contributed by atoms with Crippen LogP contribution in [0.4, 0.5) is 18.9 Å². The fourth-order valence-corrected chi connectivity index (χ4v) is 2.41. The Balaban J connectivity index is 2.05. The van der Waals surface area contributed by atoms with Crippen molar-refractivity contribution in [2.75, 3.05) is 18.1 Å². The van der Waals surface area contributed by atoms with Crippen LogP contribution in [0.15, 0.2) is 18.2 Å². The number of halogens is 4. The Bertz CT molecular complexity index is 476. The number of benzene rings is 1. The summed E-state index contributed by atoms with van der Waals surface area (Å²) in [5, 5.41) is 0. The van der Waals surface area contributed by atoms with Gasteiger partial charge < -0.3 is 4.90 Å². The van der Waals surface area contributed by atoms with Gasteiger partial charge in [-0.2, -0.15) is 0 Å². The fraction of sp³-hybridized carbons (Fsp3) is 0.364. The Kier molecular flexibility index (Phi) is 3.81. The molecule has 0 aromatic heterocycles. The van der Waals surface area contributed by atoms with Gasteiger partial charge in [0.15, 0.2) is 0 Å². The maximum Gasteiger partial charge on any atom is 0.522 e. The summed E-state index contributed by atoms with van der Waals surface area (Å²) in [6, 6.07) is 5.42. The van der Waals surface area contributed by atoms with Gasteiger partial charge in [0.25, 0.3) is 0 Å². The molecule has 7 heteroatoms. The van der Waals surface area contributed by atoms with Gasteiger partial charge in [-0.3, -0.25) is 9.53 Å². The molecule has 1 aliphatic heterocycles. The predicted molar refractivity (Wildman–Crippen MR) is 67.2 cm³/mol. The highest BCUT2D eigenvalue weighted by Gasteiger charge is 2.31. The van der Waals surface area contributed by atoms with E-state index in [0.717, 1.165) is 9.13 Å². The van der Waals surface area contributed by atoms with E-state index < -0.39 is 13.0 Å². The molecule has 1 aliphatic rings. The number of hydrogen-bond donors (Lipinski definition) is 0. The van der Waals surface area contributed by atoms with Crippen molar-refractivity contribution in [3.63, 3.8) is 0 Å². The van der Waals surface area contributed by atoms with E-state index in [-0.39, 0.29) is 18.9 Å². The lowest BCUT2D eigenvalue weighted by atomic mass is 10.2. The van der Waals surface area contributed by atoms with E-state index in [9.17, 15) is 18.0 Å². The van der Waals surface area contributed by atoms with Crippen LogP contribution in [-0.4, -0.2) is 25.4 Å². The van der Waals surface area contributed by atoms with Crippen molar-refractivity contribution in [1.29, 1.82) is 0 Å². The summed E-state index contributed by atoms with van der Waals surface area (Å²) < 4.78 is 40.2. The van der Waals surface area contributed by atoms with Gasteiger partial charge in [-0.05, 0) is 46.4 Å². The Labute approximate surface area is 115 Å². The standard InChI is InChI=1S/C11H9F3INO2/c12-11(13,14)18-4-3-16-9-2-1-8(15)5-7(9)6-10(16)17/h1-2,5H,3-4,6H2. The van der Waals surface area contributed by atoms with Crippen molar-refractivity contribution in [3.05, 3.63) is 27.3 Å². The first-order valence-electron chi connectivity index (χ1n) is 5.16. The molecule has 0 fully saturated rings. The smallest absolute Gasteiger partial charge is 0.310 e. The number of rotatable bonds is 3. The van der Waals surface area contributed by atoms with Crippen molar-refractivity contribution in [3.8, 4) is 0 Å². The molecule has 0 saturated carbocycles.